The topological polar surface area (TPSA) is 55.7 Å². The Morgan fingerprint density at radius 3 is 2.74 bits per heavy atom. The standard InChI is InChI=1S/C21H25N3O2S/c1-22-20(27)21(17-6-5-13-23-14-17)12-4-3-7-19(21)24-26-15-16-8-10-18(25-2)11-9-16/h5-6,8-11,13-14H,3-4,7,12,15H2,1-2H3,(H,22,27). The summed E-state index contributed by atoms with van der Waals surface area (Å²) in [6.45, 7) is 0.406. The van der Waals surface area contributed by atoms with Gasteiger partial charge in [0.05, 0.1) is 23.2 Å². The number of methoxy groups -OCH3 is 1. The maximum absolute atomic E-state index is 5.74. The van der Waals surface area contributed by atoms with E-state index >= 15 is 0 Å². The molecule has 142 valence electrons. The van der Waals surface area contributed by atoms with Crippen LogP contribution in [-0.2, 0) is 16.9 Å². The Balaban J connectivity index is 1.85. The Morgan fingerprint density at radius 1 is 1.26 bits per heavy atom. The fourth-order valence-electron chi connectivity index (χ4n) is 3.59. The number of hydrogen-bond acceptors (Lipinski definition) is 5. The second kappa shape index (κ2) is 8.95. The SMILES string of the molecule is CNC(=S)C1(c2cccnc2)CCCCC1=NOCc1ccc(OC)cc1. The zero-order valence-corrected chi connectivity index (χ0v) is 16.6. The number of aromatic nitrogens is 1. The van der Waals surface area contributed by atoms with Gasteiger partial charge in [-0.2, -0.15) is 0 Å². The molecule has 1 aliphatic carbocycles. The van der Waals surface area contributed by atoms with E-state index in [0.29, 0.717) is 6.61 Å². The van der Waals surface area contributed by atoms with Gasteiger partial charge in [0.25, 0.3) is 0 Å². The van der Waals surface area contributed by atoms with E-state index in [1.54, 1.807) is 13.3 Å². The van der Waals surface area contributed by atoms with Crippen LogP contribution in [0.25, 0.3) is 0 Å². The first-order chi connectivity index (χ1) is 13.2. The average molecular weight is 384 g/mol. The van der Waals surface area contributed by atoms with Gasteiger partial charge in [-0.1, -0.05) is 42.0 Å². The normalized spacial score (nSPS) is 20.9. The average Bonchev–Trinajstić information content (AvgIpc) is 2.74. The first kappa shape index (κ1) is 19.3. The van der Waals surface area contributed by atoms with Gasteiger partial charge in [0, 0.05) is 19.4 Å². The van der Waals surface area contributed by atoms with Crippen LogP contribution in [0.1, 0.15) is 36.8 Å². The molecule has 0 radical (unpaired) electrons. The lowest BCUT2D eigenvalue weighted by atomic mass is 9.68. The van der Waals surface area contributed by atoms with Gasteiger partial charge >= 0.3 is 0 Å². The highest BCUT2D eigenvalue weighted by molar-refractivity contribution is 7.80. The molecule has 6 heteroatoms. The molecule has 0 aliphatic heterocycles. The molecule has 1 aliphatic rings. The Hall–Kier alpha value is -2.47. The van der Waals surface area contributed by atoms with E-state index in [-0.39, 0.29) is 0 Å². The molecule has 0 saturated heterocycles. The van der Waals surface area contributed by atoms with E-state index in [1.807, 2.05) is 43.6 Å². The number of likely N-dealkylation sites (N-methyl/N-ethyl adjacent to an activating group) is 1. The molecule has 1 N–H and O–H groups in total. The molecular formula is C21H25N3O2S. The third-order valence-electron chi connectivity index (χ3n) is 5.04. The molecule has 0 bridgehead atoms. The van der Waals surface area contributed by atoms with Gasteiger partial charge in [-0.15, -0.1) is 0 Å². The lowest BCUT2D eigenvalue weighted by molar-refractivity contribution is 0.127. The minimum Gasteiger partial charge on any atom is -0.497 e. The van der Waals surface area contributed by atoms with Crippen molar-refractivity contribution < 1.29 is 9.57 Å². The van der Waals surface area contributed by atoms with Crippen LogP contribution in [0.2, 0.25) is 0 Å². The summed E-state index contributed by atoms with van der Waals surface area (Å²) in [5.41, 5.74) is 2.63. The molecule has 2 aromatic rings. The number of thiocarbonyl (C=S) groups is 1. The quantitative estimate of drug-likeness (QED) is 0.603. The van der Waals surface area contributed by atoms with E-state index in [4.69, 9.17) is 21.8 Å². The molecule has 0 spiro atoms. The number of oxime groups is 1. The molecule has 0 amide bonds. The van der Waals surface area contributed by atoms with Gasteiger partial charge in [0.15, 0.2) is 0 Å². The molecule has 1 atom stereocenters. The summed E-state index contributed by atoms with van der Waals surface area (Å²) in [5.74, 6) is 0.826. The van der Waals surface area contributed by atoms with E-state index in [9.17, 15) is 0 Å². The Bertz CT molecular complexity index is 793. The van der Waals surface area contributed by atoms with Crippen LogP contribution in [0, 0.1) is 0 Å². The zero-order valence-electron chi connectivity index (χ0n) is 15.8. The molecule has 3 rings (SSSR count). The van der Waals surface area contributed by atoms with E-state index in [1.165, 1.54) is 0 Å². The van der Waals surface area contributed by atoms with Crippen molar-refractivity contribution in [3.05, 3.63) is 59.9 Å². The fraction of sp³-hybridized carbons (Fsp3) is 0.381. The van der Waals surface area contributed by atoms with Crippen molar-refractivity contribution in [2.24, 2.45) is 5.16 Å². The third kappa shape index (κ3) is 4.11. The van der Waals surface area contributed by atoms with Crippen LogP contribution < -0.4 is 10.1 Å². The summed E-state index contributed by atoms with van der Waals surface area (Å²) >= 11 is 5.73. The summed E-state index contributed by atoms with van der Waals surface area (Å²) in [5, 5.41) is 7.73. The van der Waals surface area contributed by atoms with E-state index < -0.39 is 5.41 Å². The fourth-order valence-corrected chi connectivity index (χ4v) is 3.92. The first-order valence-corrected chi connectivity index (χ1v) is 9.56. The lowest BCUT2D eigenvalue weighted by Crippen LogP contribution is -2.50. The molecule has 1 saturated carbocycles. The summed E-state index contributed by atoms with van der Waals surface area (Å²) in [4.78, 5) is 10.8. The van der Waals surface area contributed by atoms with Crippen molar-refractivity contribution in [2.45, 2.75) is 37.7 Å². The van der Waals surface area contributed by atoms with Crippen molar-refractivity contribution in [3.8, 4) is 5.75 Å². The van der Waals surface area contributed by atoms with E-state index in [2.05, 4.69) is 21.5 Å². The molecule has 1 aromatic carbocycles. The predicted octanol–water partition coefficient (Wildman–Crippen LogP) is 4.02. The molecular weight excluding hydrogens is 358 g/mol. The Labute approximate surface area is 165 Å². The van der Waals surface area contributed by atoms with Gasteiger partial charge in [0.2, 0.25) is 0 Å². The van der Waals surface area contributed by atoms with Gasteiger partial charge in [-0.25, -0.2) is 0 Å². The lowest BCUT2D eigenvalue weighted by Gasteiger charge is -2.38. The minimum absolute atomic E-state index is 0.406. The van der Waals surface area contributed by atoms with Crippen LogP contribution in [0.15, 0.2) is 53.9 Å². The monoisotopic (exact) mass is 383 g/mol. The molecule has 1 unspecified atom stereocenters. The maximum Gasteiger partial charge on any atom is 0.142 e. The number of ether oxygens (including phenoxy) is 1. The second-order valence-corrected chi connectivity index (χ2v) is 7.00. The number of pyridine rings is 1. The van der Waals surface area contributed by atoms with Crippen molar-refractivity contribution >= 4 is 22.9 Å². The van der Waals surface area contributed by atoms with Gasteiger partial charge in [-0.05, 0) is 48.6 Å². The highest BCUT2D eigenvalue weighted by Gasteiger charge is 2.44. The highest BCUT2D eigenvalue weighted by Crippen LogP contribution is 2.38. The van der Waals surface area contributed by atoms with Crippen LogP contribution in [0.4, 0.5) is 0 Å². The minimum atomic E-state index is -0.448. The van der Waals surface area contributed by atoms with Crippen LogP contribution >= 0.6 is 12.2 Å². The van der Waals surface area contributed by atoms with E-state index in [0.717, 1.165) is 53.3 Å². The Kier molecular flexibility index (Phi) is 6.40. The highest BCUT2D eigenvalue weighted by atomic mass is 32.1. The summed E-state index contributed by atoms with van der Waals surface area (Å²) in [7, 11) is 3.52. The molecule has 1 aromatic heterocycles. The summed E-state index contributed by atoms with van der Waals surface area (Å²) in [6.07, 6.45) is 7.60. The van der Waals surface area contributed by atoms with Crippen molar-refractivity contribution in [2.75, 3.05) is 14.2 Å². The molecule has 5 nitrogen and oxygen atoms in total. The van der Waals surface area contributed by atoms with Crippen LogP contribution in [0.3, 0.4) is 0 Å². The van der Waals surface area contributed by atoms with Crippen molar-refractivity contribution in [1.29, 1.82) is 0 Å². The molecule has 27 heavy (non-hydrogen) atoms. The maximum atomic E-state index is 5.74. The first-order valence-electron chi connectivity index (χ1n) is 9.15. The van der Waals surface area contributed by atoms with Gasteiger partial charge in [0.1, 0.15) is 12.4 Å². The van der Waals surface area contributed by atoms with Crippen LogP contribution in [0.5, 0.6) is 5.75 Å². The van der Waals surface area contributed by atoms with Crippen LogP contribution in [-0.4, -0.2) is 29.8 Å². The number of hydrogen-bond donors (Lipinski definition) is 1. The van der Waals surface area contributed by atoms with Crippen molar-refractivity contribution in [1.82, 2.24) is 10.3 Å². The Morgan fingerprint density at radius 2 is 2.07 bits per heavy atom. The zero-order chi connectivity index (χ0) is 19.1. The largest absolute Gasteiger partial charge is 0.497 e. The summed E-state index contributed by atoms with van der Waals surface area (Å²) < 4.78 is 5.19. The number of benzene rings is 1. The molecule has 1 fully saturated rings. The van der Waals surface area contributed by atoms with Crippen molar-refractivity contribution in [3.63, 3.8) is 0 Å². The number of nitrogens with one attached hydrogen (secondary N) is 1. The second-order valence-electron chi connectivity index (χ2n) is 6.59. The summed E-state index contributed by atoms with van der Waals surface area (Å²) in [6, 6.07) is 11.8. The molecule has 1 heterocycles. The van der Waals surface area contributed by atoms with Gasteiger partial charge < -0.3 is 14.9 Å². The van der Waals surface area contributed by atoms with Gasteiger partial charge in [-0.3, -0.25) is 4.98 Å². The third-order valence-corrected chi connectivity index (χ3v) is 5.59. The smallest absolute Gasteiger partial charge is 0.142 e. The predicted molar refractivity (Wildman–Crippen MR) is 111 cm³/mol. The number of rotatable bonds is 6. The number of nitrogens with zero attached hydrogens (tertiary/aromatic N) is 2.